The normalized spacial score (nSPS) is 21.9. The smallest absolute Gasteiger partial charge is 0.229 e. The Labute approximate surface area is 135 Å². The number of likely N-dealkylation sites (tertiary alicyclic amines) is 1. The molecule has 0 atom stereocenters. The Hall–Kier alpha value is -2.11. The van der Waals surface area contributed by atoms with Gasteiger partial charge in [0.15, 0.2) is 5.82 Å². The van der Waals surface area contributed by atoms with Crippen LogP contribution in [0.3, 0.4) is 0 Å². The minimum absolute atomic E-state index is 0.140. The van der Waals surface area contributed by atoms with Crippen molar-refractivity contribution >= 4 is 17.2 Å². The van der Waals surface area contributed by atoms with Crippen LogP contribution in [0, 0.1) is 5.92 Å². The van der Waals surface area contributed by atoms with E-state index in [9.17, 15) is 4.79 Å². The van der Waals surface area contributed by atoms with Crippen LogP contribution in [-0.4, -0.2) is 51.6 Å². The molecule has 6 heteroatoms. The summed E-state index contributed by atoms with van der Waals surface area (Å²) in [6.07, 6.45) is 8.54. The number of carbonyl (C=O) groups excluding carboxylic acids is 1. The second-order valence-electron chi connectivity index (χ2n) is 7.06. The van der Waals surface area contributed by atoms with Crippen LogP contribution in [0.1, 0.15) is 37.3 Å². The van der Waals surface area contributed by atoms with Crippen molar-refractivity contribution in [2.45, 2.75) is 31.6 Å². The first kappa shape index (κ1) is 13.3. The summed E-state index contributed by atoms with van der Waals surface area (Å²) in [5.41, 5.74) is 2.26. The van der Waals surface area contributed by atoms with Crippen molar-refractivity contribution in [3.05, 3.63) is 24.2 Å². The Morgan fingerprint density at radius 2 is 1.96 bits per heavy atom. The van der Waals surface area contributed by atoms with Crippen LogP contribution in [0.2, 0.25) is 0 Å². The van der Waals surface area contributed by atoms with Gasteiger partial charge >= 0.3 is 0 Å². The minimum atomic E-state index is 0.140. The van der Waals surface area contributed by atoms with Gasteiger partial charge in [-0.2, -0.15) is 5.10 Å². The van der Waals surface area contributed by atoms with Crippen LogP contribution < -0.4 is 4.90 Å². The van der Waals surface area contributed by atoms with Crippen LogP contribution in [0.5, 0.6) is 0 Å². The summed E-state index contributed by atoms with van der Waals surface area (Å²) in [4.78, 5) is 21.2. The molecule has 4 heterocycles. The number of carbonyl (C=O) groups is 1. The highest BCUT2D eigenvalue weighted by Gasteiger charge is 2.37. The molecule has 0 unspecified atom stereocenters. The van der Waals surface area contributed by atoms with E-state index in [0.29, 0.717) is 11.8 Å². The zero-order chi connectivity index (χ0) is 15.4. The standard InChI is InChI=1S/C17H21N5O/c23-17(20-6-1-2-7-20)13-10-21(11-13)16-15-9-14(12-3-4-12)19-22(15)8-5-18-16/h5,8-9,12-13H,1-4,6-7,10-11H2. The third kappa shape index (κ3) is 2.19. The van der Waals surface area contributed by atoms with Gasteiger partial charge in [0.05, 0.1) is 11.6 Å². The van der Waals surface area contributed by atoms with Crippen LogP contribution in [0.25, 0.3) is 5.52 Å². The molecule has 1 aliphatic carbocycles. The van der Waals surface area contributed by atoms with Gasteiger partial charge in [-0.15, -0.1) is 0 Å². The molecule has 3 aliphatic rings. The average Bonchev–Trinajstić information content (AvgIpc) is 3.06. The number of rotatable bonds is 3. The van der Waals surface area contributed by atoms with Gasteiger partial charge in [-0.1, -0.05) is 0 Å². The monoisotopic (exact) mass is 311 g/mol. The van der Waals surface area contributed by atoms with Crippen molar-refractivity contribution in [1.29, 1.82) is 0 Å². The van der Waals surface area contributed by atoms with Crippen molar-refractivity contribution in [2.24, 2.45) is 5.92 Å². The van der Waals surface area contributed by atoms with Crippen LogP contribution >= 0.6 is 0 Å². The quantitative estimate of drug-likeness (QED) is 0.865. The van der Waals surface area contributed by atoms with Crippen LogP contribution in [-0.2, 0) is 4.79 Å². The summed E-state index contributed by atoms with van der Waals surface area (Å²) in [5, 5.41) is 4.67. The molecule has 1 saturated carbocycles. The third-order valence-corrected chi connectivity index (χ3v) is 5.33. The number of fused-ring (bicyclic) bond motifs is 1. The summed E-state index contributed by atoms with van der Waals surface area (Å²) in [5.74, 6) is 2.08. The minimum Gasteiger partial charge on any atom is -0.353 e. The molecule has 6 nitrogen and oxygen atoms in total. The number of hydrogen-bond donors (Lipinski definition) is 0. The summed E-state index contributed by atoms with van der Waals surface area (Å²) in [6.45, 7) is 3.45. The molecular weight excluding hydrogens is 290 g/mol. The van der Waals surface area contributed by atoms with Crippen molar-refractivity contribution < 1.29 is 4.79 Å². The molecule has 2 saturated heterocycles. The molecule has 120 valence electrons. The lowest BCUT2D eigenvalue weighted by atomic mass is 9.98. The fraction of sp³-hybridized carbons (Fsp3) is 0.588. The summed E-state index contributed by atoms with van der Waals surface area (Å²) < 4.78 is 1.94. The second kappa shape index (κ2) is 4.94. The highest BCUT2D eigenvalue weighted by molar-refractivity contribution is 5.83. The highest BCUT2D eigenvalue weighted by atomic mass is 16.2. The van der Waals surface area contributed by atoms with Gasteiger partial charge in [0.25, 0.3) is 0 Å². The van der Waals surface area contributed by atoms with Gasteiger partial charge in [-0.05, 0) is 31.7 Å². The van der Waals surface area contributed by atoms with E-state index in [1.807, 2.05) is 21.8 Å². The van der Waals surface area contributed by atoms with Crippen LogP contribution in [0.4, 0.5) is 5.82 Å². The van der Waals surface area contributed by atoms with E-state index in [2.05, 4.69) is 21.0 Å². The van der Waals surface area contributed by atoms with Gasteiger partial charge in [0.2, 0.25) is 5.91 Å². The fourth-order valence-electron chi connectivity index (χ4n) is 3.75. The zero-order valence-electron chi connectivity index (χ0n) is 13.2. The zero-order valence-corrected chi connectivity index (χ0v) is 13.2. The maximum Gasteiger partial charge on any atom is 0.229 e. The van der Waals surface area contributed by atoms with Crippen molar-refractivity contribution in [3.8, 4) is 0 Å². The van der Waals surface area contributed by atoms with Crippen LogP contribution in [0.15, 0.2) is 18.5 Å². The van der Waals surface area contributed by atoms with Gasteiger partial charge in [0.1, 0.15) is 5.52 Å². The van der Waals surface area contributed by atoms with Crippen molar-refractivity contribution in [2.75, 3.05) is 31.1 Å². The summed E-state index contributed by atoms with van der Waals surface area (Å²) >= 11 is 0. The molecule has 23 heavy (non-hydrogen) atoms. The second-order valence-corrected chi connectivity index (χ2v) is 7.06. The highest BCUT2D eigenvalue weighted by Crippen LogP contribution is 2.40. The first-order valence-electron chi connectivity index (χ1n) is 8.67. The molecule has 2 aromatic rings. The van der Waals surface area contributed by atoms with Gasteiger partial charge in [0, 0.05) is 44.5 Å². The molecule has 0 radical (unpaired) electrons. The third-order valence-electron chi connectivity index (χ3n) is 5.33. The van der Waals surface area contributed by atoms with E-state index in [-0.39, 0.29) is 5.92 Å². The summed E-state index contributed by atoms with van der Waals surface area (Å²) in [7, 11) is 0. The largest absolute Gasteiger partial charge is 0.353 e. The van der Waals surface area contributed by atoms with E-state index in [1.165, 1.54) is 18.5 Å². The molecule has 0 N–H and O–H groups in total. The van der Waals surface area contributed by atoms with Gasteiger partial charge < -0.3 is 9.80 Å². The van der Waals surface area contributed by atoms with E-state index in [4.69, 9.17) is 0 Å². The Bertz CT molecular complexity index is 753. The molecule has 0 aromatic carbocycles. The Morgan fingerprint density at radius 3 is 2.70 bits per heavy atom. The predicted molar refractivity (Wildman–Crippen MR) is 86.5 cm³/mol. The lowest BCUT2D eigenvalue weighted by Crippen LogP contribution is -2.54. The number of nitrogens with zero attached hydrogens (tertiary/aromatic N) is 5. The maximum atomic E-state index is 12.4. The lowest BCUT2D eigenvalue weighted by molar-refractivity contribution is -0.135. The Balaban J connectivity index is 1.35. The Morgan fingerprint density at radius 1 is 1.17 bits per heavy atom. The molecule has 3 fully saturated rings. The van der Waals surface area contributed by atoms with Gasteiger partial charge in [-0.25, -0.2) is 9.50 Å². The molecule has 2 aliphatic heterocycles. The van der Waals surface area contributed by atoms with E-state index < -0.39 is 0 Å². The number of amides is 1. The van der Waals surface area contributed by atoms with E-state index >= 15 is 0 Å². The predicted octanol–water partition coefficient (Wildman–Crippen LogP) is 1.67. The SMILES string of the molecule is O=C(C1CN(c2nccn3nc(C4CC4)cc23)C1)N1CCCC1. The van der Waals surface area contributed by atoms with E-state index in [1.54, 1.807) is 0 Å². The van der Waals surface area contributed by atoms with Crippen molar-refractivity contribution in [3.63, 3.8) is 0 Å². The molecule has 0 bridgehead atoms. The first-order valence-corrected chi connectivity index (χ1v) is 8.67. The number of hydrogen-bond acceptors (Lipinski definition) is 4. The van der Waals surface area contributed by atoms with E-state index in [0.717, 1.165) is 50.4 Å². The molecule has 2 aromatic heterocycles. The molecular formula is C17H21N5O. The summed E-state index contributed by atoms with van der Waals surface area (Å²) in [6, 6.07) is 2.18. The molecule has 5 rings (SSSR count). The number of aromatic nitrogens is 3. The van der Waals surface area contributed by atoms with Gasteiger partial charge in [-0.3, -0.25) is 4.79 Å². The first-order chi connectivity index (χ1) is 11.3. The fourth-order valence-corrected chi connectivity index (χ4v) is 3.75. The maximum absolute atomic E-state index is 12.4. The Kier molecular flexibility index (Phi) is 2.87. The number of anilines is 1. The lowest BCUT2D eigenvalue weighted by Gasteiger charge is -2.40. The molecule has 1 amide bonds. The average molecular weight is 311 g/mol. The topological polar surface area (TPSA) is 53.7 Å². The molecule has 0 spiro atoms. The van der Waals surface area contributed by atoms with Crippen molar-refractivity contribution in [1.82, 2.24) is 19.5 Å².